The predicted octanol–water partition coefficient (Wildman–Crippen LogP) is 4.82. The predicted molar refractivity (Wildman–Crippen MR) is 95.8 cm³/mol. The van der Waals surface area contributed by atoms with Gasteiger partial charge in [-0.15, -0.1) is 0 Å². The number of nitrogens with zero attached hydrogens (tertiary/aromatic N) is 1. The third kappa shape index (κ3) is 5.18. The van der Waals surface area contributed by atoms with E-state index >= 15 is 0 Å². The second-order valence-corrected chi connectivity index (χ2v) is 7.83. The van der Waals surface area contributed by atoms with E-state index in [0.29, 0.717) is 12.0 Å². The lowest BCUT2D eigenvalue weighted by atomic mass is 9.88. The highest BCUT2D eigenvalue weighted by Crippen LogP contribution is 2.34. The fourth-order valence-electron chi connectivity index (χ4n) is 3.55. The van der Waals surface area contributed by atoms with E-state index in [-0.39, 0.29) is 11.9 Å². The molecule has 0 spiro atoms. The van der Waals surface area contributed by atoms with Crippen LogP contribution in [0.3, 0.4) is 0 Å². The molecule has 0 bridgehead atoms. The molecule has 3 atom stereocenters. The maximum atomic E-state index is 13.6. The summed E-state index contributed by atoms with van der Waals surface area (Å²) < 4.78 is 19.1. The van der Waals surface area contributed by atoms with Crippen LogP contribution in [0.4, 0.5) is 9.18 Å². The molecule has 1 aliphatic heterocycles. The Bertz CT molecular complexity index is 583. The van der Waals surface area contributed by atoms with E-state index in [2.05, 4.69) is 6.92 Å². The van der Waals surface area contributed by atoms with Crippen molar-refractivity contribution in [3.63, 3.8) is 0 Å². The summed E-state index contributed by atoms with van der Waals surface area (Å²) in [4.78, 5) is 14.5. The topological polar surface area (TPSA) is 49.8 Å². The van der Waals surface area contributed by atoms with E-state index in [1.165, 1.54) is 12.1 Å². The first-order valence-electron chi connectivity index (χ1n) is 9.17. The fourth-order valence-corrected chi connectivity index (χ4v) is 3.55. The zero-order chi connectivity index (χ0) is 18.6. The van der Waals surface area contributed by atoms with Crippen molar-refractivity contribution in [1.29, 1.82) is 0 Å². The number of amides is 1. The molecule has 1 heterocycles. The van der Waals surface area contributed by atoms with Gasteiger partial charge in [0.05, 0.1) is 12.1 Å². The highest BCUT2D eigenvalue weighted by Gasteiger charge is 2.40. The zero-order valence-electron chi connectivity index (χ0n) is 15.7. The molecule has 1 aliphatic rings. The van der Waals surface area contributed by atoms with Crippen LogP contribution < -0.4 is 0 Å². The monoisotopic (exact) mass is 351 g/mol. The number of carbonyl (C=O) groups is 1. The van der Waals surface area contributed by atoms with Crippen molar-refractivity contribution in [2.24, 2.45) is 0 Å². The molecule has 140 valence electrons. The van der Waals surface area contributed by atoms with E-state index in [1.54, 1.807) is 17.0 Å². The number of halogens is 1. The van der Waals surface area contributed by atoms with Crippen molar-refractivity contribution in [2.75, 3.05) is 0 Å². The third-order valence-corrected chi connectivity index (χ3v) is 4.57. The normalized spacial score (nSPS) is 22.6. The summed E-state index contributed by atoms with van der Waals surface area (Å²) in [6, 6.07) is 5.61. The Morgan fingerprint density at radius 3 is 2.72 bits per heavy atom. The molecule has 25 heavy (non-hydrogen) atoms. The molecular weight excluding hydrogens is 321 g/mol. The average Bonchev–Trinajstić information content (AvgIpc) is 2.52. The molecule has 0 aromatic heterocycles. The van der Waals surface area contributed by atoms with Crippen LogP contribution in [0.25, 0.3) is 0 Å². The molecule has 0 aliphatic carbocycles. The van der Waals surface area contributed by atoms with Gasteiger partial charge in [-0.05, 0) is 64.2 Å². The van der Waals surface area contributed by atoms with Crippen LogP contribution in [-0.4, -0.2) is 33.8 Å². The summed E-state index contributed by atoms with van der Waals surface area (Å²) in [5, 5.41) is 10.9. The molecule has 0 saturated carbocycles. The van der Waals surface area contributed by atoms with Gasteiger partial charge < -0.3 is 9.84 Å². The van der Waals surface area contributed by atoms with Crippen LogP contribution in [0.2, 0.25) is 0 Å². The van der Waals surface area contributed by atoms with Crippen LogP contribution in [0.5, 0.6) is 0 Å². The van der Waals surface area contributed by atoms with E-state index < -0.39 is 23.8 Å². The minimum Gasteiger partial charge on any atom is -0.444 e. The standard InChI is InChI=1S/C20H30FNO3/c1-5-8-16-11-7-12-17(22(16)19(24)25-20(2,3)4)18(23)14-9-6-10-15(21)13-14/h6,9-10,13,16-18,23H,5,7-8,11-12H2,1-4H3/t16-,17-,18-/m1/s1. The maximum Gasteiger partial charge on any atom is 0.410 e. The smallest absolute Gasteiger partial charge is 0.410 e. The van der Waals surface area contributed by atoms with Gasteiger partial charge in [-0.1, -0.05) is 25.5 Å². The van der Waals surface area contributed by atoms with E-state index in [4.69, 9.17) is 4.74 Å². The van der Waals surface area contributed by atoms with E-state index in [0.717, 1.165) is 25.7 Å². The summed E-state index contributed by atoms with van der Waals surface area (Å²) >= 11 is 0. The molecule has 1 fully saturated rings. The van der Waals surface area contributed by atoms with Crippen molar-refractivity contribution < 1.29 is 19.0 Å². The summed E-state index contributed by atoms with van der Waals surface area (Å²) in [5.74, 6) is -0.388. The Morgan fingerprint density at radius 1 is 1.40 bits per heavy atom. The number of carbonyl (C=O) groups excluding carboxylic acids is 1. The largest absolute Gasteiger partial charge is 0.444 e. The second kappa shape index (κ2) is 8.17. The first-order chi connectivity index (χ1) is 11.7. The number of rotatable bonds is 4. The van der Waals surface area contributed by atoms with Gasteiger partial charge in [0.2, 0.25) is 0 Å². The van der Waals surface area contributed by atoms with Gasteiger partial charge in [0.25, 0.3) is 0 Å². The maximum absolute atomic E-state index is 13.6. The molecule has 0 radical (unpaired) electrons. The number of likely N-dealkylation sites (tertiary alicyclic amines) is 1. The number of hydrogen-bond donors (Lipinski definition) is 1. The van der Waals surface area contributed by atoms with Crippen LogP contribution in [0, 0.1) is 5.82 Å². The minimum atomic E-state index is -0.928. The lowest BCUT2D eigenvalue weighted by Crippen LogP contribution is -2.53. The molecule has 1 amide bonds. The van der Waals surface area contributed by atoms with Crippen LogP contribution in [0.1, 0.15) is 71.5 Å². The number of benzene rings is 1. The molecule has 1 N–H and O–H groups in total. The Kier molecular flexibility index (Phi) is 6.44. The molecule has 1 aromatic rings. The first kappa shape index (κ1) is 19.7. The molecule has 2 rings (SSSR count). The van der Waals surface area contributed by atoms with Crippen molar-refractivity contribution >= 4 is 6.09 Å². The molecule has 4 nitrogen and oxygen atoms in total. The molecular formula is C20H30FNO3. The van der Waals surface area contributed by atoms with Crippen molar-refractivity contribution in [3.05, 3.63) is 35.6 Å². The number of aliphatic hydroxyl groups excluding tert-OH is 1. The van der Waals surface area contributed by atoms with Crippen molar-refractivity contribution in [1.82, 2.24) is 4.90 Å². The first-order valence-corrected chi connectivity index (χ1v) is 9.17. The number of ether oxygens (including phenoxy) is 1. The Labute approximate surface area is 150 Å². The second-order valence-electron chi connectivity index (χ2n) is 7.83. The lowest BCUT2D eigenvalue weighted by molar-refractivity contribution is -0.0368. The van der Waals surface area contributed by atoms with Gasteiger partial charge >= 0.3 is 6.09 Å². The van der Waals surface area contributed by atoms with E-state index in [1.807, 2.05) is 20.8 Å². The molecule has 0 unspecified atom stereocenters. The zero-order valence-corrected chi connectivity index (χ0v) is 15.7. The Morgan fingerprint density at radius 2 is 2.12 bits per heavy atom. The Balaban J connectivity index is 2.29. The SMILES string of the molecule is CCC[C@@H]1CCC[C@H]([C@H](O)c2cccc(F)c2)N1C(=O)OC(C)(C)C. The minimum absolute atomic E-state index is 0.0433. The van der Waals surface area contributed by atoms with Crippen molar-refractivity contribution in [3.8, 4) is 0 Å². The number of piperidine rings is 1. The van der Waals surface area contributed by atoms with Gasteiger partial charge in [0, 0.05) is 6.04 Å². The van der Waals surface area contributed by atoms with Crippen LogP contribution in [-0.2, 0) is 4.74 Å². The summed E-state index contributed by atoms with van der Waals surface area (Å²) in [7, 11) is 0. The quantitative estimate of drug-likeness (QED) is 0.846. The highest BCUT2D eigenvalue weighted by atomic mass is 19.1. The number of hydrogen-bond acceptors (Lipinski definition) is 3. The van der Waals surface area contributed by atoms with Crippen molar-refractivity contribution in [2.45, 2.75) is 83.6 Å². The molecule has 5 heteroatoms. The highest BCUT2D eigenvalue weighted by molar-refractivity contribution is 5.69. The lowest BCUT2D eigenvalue weighted by Gasteiger charge is -2.44. The number of aliphatic hydroxyl groups is 1. The van der Waals surface area contributed by atoms with Gasteiger partial charge in [0.1, 0.15) is 11.4 Å². The van der Waals surface area contributed by atoms with Gasteiger partial charge in [-0.25, -0.2) is 9.18 Å². The van der Waals surface area contributed by atoms with Crippen LogP contribution >= 0.6 is 0 Å². The third-order valence-electron chi connectivity index (χ3n) is 4.57. The average molecular weight is 351 g/mol. The van der Waals surface area contributed by atoms with E-state index in [9.17, 15) is 14.3 Å². The fraction of sp³-hybridized carbons (Fsp3) is 0.650. The van der Waals surface area contributed by atoms with Gasteiger partial charge in [-0.3, -0.25) is 4.90 Å². The summed E-state index contributed by atoms with van der Waals surface area (Å²) in [5.41, 5.74) is -0.102. The Hall–Kier alpha value is -1.62. The molecule has 1 aromatic carbocycles. The summed E-state index contributed by atoms with van der Waals surface area (Å²) in [6.45, 7) is 7.59. The van der Waals surface area contributed by atoms with Gasteiger partial charge in [-0.2, -0.15) is 0 Å². The van der Waals surface area contributed by atoms with Gasteiger partial charge in [0.15, 0.2) is 0 Å². The molecule has 1 saturated heterocycles. The summed E-state index contributed by atoms with van der Waals surface area (Å²) in [6.07, 6.45) is 3.00. The van der Waals surface area contributed by atoms with Crippen LogP contribution in [0.15, 0.2) is 24.3 Å².